The van der Waals surface area contributed by atoms with Gasteiger partial charge in [0.25, 0.3) is 0 Å². The highest BCUT2D eigenvalue weighted by Crippen LogP contribution is 2.36. The van der Waals surface area contributed by atoms with Crippen LogP contribution in [-0.2, 0) is 12.8 Å². The molecule has 1 aromatic heterocycles. The monoisotopic (exact) mass is 266 g/mol. The Morgan fingerprint density at radius 3 is 2.72 bits per heavy atom. The van der Waals surface area contributed by atoms with Crippen LogP contribution in [-0.4, -0.2) is 5.11 Å². The third-order valence-electron chi connectivity index (χ3n) is 3.29. The Morgan fingerprint density at radius 1 is 1.17 bits per heavy atom. The summed E-state index contributed by atoms with van der Waals surface area (Å²) < 4.78 is 26.4. The Bertz CT molecular complexity index is 570. The molecule has 1 nitrogen and oxygen atoms in total. The maximum Gasteiger partial charge on any atom is 0.132 e. The van der Waals surface area contributed by atoms with Crippen LogP contribution in [0.1, 0.15) is 33.4 Å². The zero-order chi connectivity index (χ0) is 12.7. The zero-order valence-electron chi connectivity index (χ0n) is 9.62. The fourth-order valence-electron chi connectivity index (χ4n) is 2.36. The molecule has 0 amide bonds. The maximum atomic E-state index is 13.6. The molecule has 4 heteroatoms. The first-order chi connectivity index (χ1) is 8.65. The molecule has 3 rings (SSSR count). The van der Waals surface area contributed by atoms with E-state index >= 15 is 0 Å². The van der Waals surface area contributed by atoms with Crippen molar-refractivity contribution >= 4 is 11.3 Å². The second kappa shape index (κ2) is 4.44. The van der Waals surface area contributed by atoms with Gasteiger partial charge in [0.1, 0.15) is 17.7 Å². The lowest BCUT2D eigenvalue weighted by Gasteiger charge is -2.10. The molecule has 0 bridgehead atoms. The highest BCUT2D eigenvalue weighted by molar-refractivity contribution is 7.12. The molecular weight excluding hydrogens is 254 g/mol. The Morgan fingerprint density at radius 2 is 2.00 bits per heavy atom. The molecule has 0 radical (unpaired) electrons. The van der Waals surface area contributed by atoms with Gasteiger partial charge in [-0.05, 0) is 37.0 Å². The Kier molecular flexibility index (Phi) is 2.92. The number of fused-ring (bicyclic) bond motifs is 1. The third-order valence-corrected chi connectivity index (χ3v) is 4.58. The Labute approximate surface area is 108 Å². The van der Waals surface area contributed by atoms with Crippen molar-refractivity contribution in [2.24, 2.45) is 0 Å². The molecular formula is C14H12F2OS. The number of hydrogen-bond donors (Lipinski definition) is 1. The van der Waals surface area contributed by atoms with Crippen LogP contribution in [0, 0.1) is 11.6 Å². The highest BCUT2D eigenvalue weighted by Gasteiger charge is 2.21. The molecule has 0 fully saturated rings. The van der Waals surface area contributed by atoms with Gasteiger partial charge in [0.2, 0.25) is 0 Å². The van der Waals surface area contributed by atoms with Crippen molar-refractivity contribution in [3.8, 4) is 0 Å². The van der Waals surface area contributed by atoms with Gasteiger partial charge in [-0.15, -0.1) is 11.3 Å². The van der Waals surface area contributed by atoms with E-state index in [0.717, 1.165) is 30.2 Å². The SMILES string of the molecule is OC(c1cc2c(s1)CCC2)c1ccc(F)cc1F. The van der Waals surface area contributed by atoms with Gasteiger partial charge in [-0.2, -0.15) is 0 Å². The molecule has 94 valence electrons. The molecule has 1 atom stereocenters. The predicted molar refractivity (Wildman–Crippen MR) is 66.8 cm³/mol. The first kappa shape index (κ1) is 11.8. The summed E-state index contributed by atoms with van der Waals surface area (Å²) in [6, 6.07) is 5.23. The topological polar surface area (TPSA) is 20.2 Å². The van der Waals surface area contributed by atoms with Crippen LogP contribution in [0.2, 0.25) is 0 Å². The van der Waals surface area contributed by atoms with Crippen molar-refractivity contribution < 1.29 is 13.9 Å². The summed E-state index contributed by atoms with van der Waals surface area (Å²) in [5.74, 6) is -1.33. The van der Waals surface area contributed by atoms with Gasteiger partial charge >= 0.3 is 0 Å². The van der Waals surface area contributed by atoms with Crippen LogP contribution >= 0.6 is 11.3 Å². The molecule has 1 unspecified atom stereocenters. The normalized spacial score (nSPS) is 15.7. The smallest absolute Gasteiger partial charge is 0.132 e. The van der Waals surface area contributed by atoms with Crippen molar-refractivity contribution in [3.63, 3.8) is 0 Å². The fourth-order valence-corrected chi connectivity index (χ4v) is 3.63. The molecule has 1 aromatic carbocycles. The lowest BCUT2D eigenvalue weighted by atomic mass is 10.1. The minimum absolute atomic E-state index is 0.135. The number of benzene rings is 1. The third kappa shape index (κ3) is 1.95. The van der Waals surface area contributed by atoms with E-state index in [0.29, 0.717) is 0 Å². The molecule has 2 aromatic rings. The fraction of sp³-hybridized carbons (Fsp3) is 0.286. The molecule has 0 saturated heterocycles. The summed E-state index contributed by atoms with van der Waals surface area (Å²) in [7, 11) is 0. The second-order valence-corrected chi connectivity index (χ2v) is 5.69. The van der Waals surface area contributed by atoms with Crippen LogP contribution in [0.4, 0.5) is 8.78 Å². The molecule has 0 aliphatic heterocycles. The summed E-state index contributed by atoms with van der Waals surface area (Å²) >= 11 is 1.53. The molecule has 0 saturated carbocycles. The van der Waals surface area contributed by atoms with Gasteiger partial charge in [0, 0.05) is 21.4 Å². The highest BCUT2D eigenvalue weighted by atomic mass is 32.1. The van der Waals surface area contributed by atoms with E-state index < -0.39 is 17.7 Å². The Balaban J connectivity index is 1.95. The van der Waals surface area contributed by atoms with Crippen LogP contribution in [0.5, 0.6) is 0 Å². The van der Waals surface area contributed by atoms with Crippen molar-refractivity contribution in [3.05, 3.63) is 56.8 Å². The maximum absolute atomic E-state index is 13.6. The standard InChI is InChI=1S/C14H12F2OS/c15-9-4-5-10(11(16)7-9)14(17)13-6-8-2-1-3-12(8)18-13/h4-7,14,17H,1-3H2. The number of halogens is 2. The van der Waals surface area contributed by atoms with E-state index in [1.165, 1.54) is 33.9 Å². The molecule has 18 heavy (non-hydrogen) atoms. The summed E-state index contributed by atoms with van der Waals surface area (Å²) in [5.41, 5.74) is 1.40. The van der Waals surface area contributed by atoms with Crippen molar-refractivity contribution in [1.82, 2.24) is 0 Å². The summed E-state index contributed by atoms with van der Waals surface area (Å²) in [6.45, 7) is 0. The van der Waals surface area contributed by atoms with Gasteiger partial charge in [-0.1, -0.05) is 6.07 Å². The van der Waals surface area contributed by atoms with Gasteiger partial charge in [0.05, 0.1) is 0 Å². The minimum Gasteiger partial charge on any atom is -0.383 e. The summed E-state index contributed by atoms with van der Waals surface area (Å²) in [6.07, 6.45) is 2.23. The number of thiophene rings is 1. The van der Waals surface area contributed by atoms with E-state index in [1.54, 1.807) is 0 Å². The molecule has 1 aliphatic rings. The van der Waals surface area contributed by atoms with Crippen molar-refractivity contribution in [1.29, 1.82) is 0 Å². The van der Waals surface area contributed by atoms with E-state index in [1.807, 2.05) is 6.07 Å². The number of aryl methyl sites for hydroxylation is 2. The quantitative estimate of drug-likeness (QED) is 0.880. The van der Waals surface area contributed by atoms with Crippen molar-refractivity contribution in [2.45, 2.75) is 25.4 Å². The van der Waals surface area contributed by atoms with E-state index in [-0.39, 0.29) is 5.56 Å². The van der Waals surface area contributed by atoms with Gasteiger partial charge < -0.3 is 5.11 Å². The zero-order valence-corrected chi connectivity index (χ0v) is 10.4. The Hall–Kier alpha value is -1.26. The van der Waals surface area contributed by atoms with Gasteiger partial charge in [-0.25, -0.2) is 8.78 Å². The average Bonchev–Trinajstić information content (AvgIpc) is 2.87. The summed E-state index contributed by atoms with van der Waals surface area (Å²) in [5, 5.41) is 10.2. The van der Waals surface area contributed by atoms with Gasteiger partial charge in [0.15, 0.2) is 0 Å². The molecule has 0 spiro atoms. The predicted octanol–water partition coefficient (Wildman–Crippen LogP) is 3.60. The summed E-state index contributed by atoms with van der Waals surface area (Å²) in [4.78, 5) is 2.02. The molecule has 1 N–H and O–H groups in total. The number of hydrogen-bond acceptors (Lipinski definition) is 2. The largest absolute Gasteiger partial charge is 0.383 e. The van der Waals surface area contributed by atoms with Crippen LogP contribution in [0.25, 0.3) is 0 Å². The first-order valence-corrected chi connectivity index (χ1v) is 6.71. The first-order valence-electron chi connectivity index (χ1n) is 5.89. The van der Waals surface area contributed by atoms with E-state index in [4.69, 9.17) is 0 Å². The lowest BCUT2D eigenvalue weighted by molar-refractivity contribution is 0.218. The van der Waals surface area contributed by atoms with E-state index in [2.05, 4.69) is 0 Å². The van der Waals surface area contributed by atoms with Crippen molar-refractivity contribution in [2.75, 3.05) is 0 Å². The minimum atomic E-state index is -0.999. The average molecular weight is 266 g/mol. The molecule has 1 heterocycles. The van der Waals surface area contributed by atoms with Gasteiger partial charge in [-0.3, -0.25) is 0 Å². The lowest BCUT2D eigenvalue weighted by Crippen LogP contribution is -2.01. The number of aliphatic hydroxyl groups excluding tert-OH is 1. The number of aliphatic hydroxyl groups is 1. The van der Waals surface area contributed by atoms with Crippen LogP contribution < -0.4 is 0 Å². The van der Waals surface area contributed by atoms with Crippen LogP contribution in [0.15, 0.2) is 24.3 Å². The number of rotatable bonds is 2. The van der Waals surface area contributed by atoms with E-state index in [9.17, 15) is 13.9 Å². The molecule has 1 aliphatic carbocycles. The van der Waals surface area contributed by atoms with Crippen LogP contribution in [0.3, 0.4) is 0 Å². The second-order valence-electron chi connectivity index (χ2n) is 4.52.